The van der Waals surface area contributed by atoms with Crippen LogP contribution in [-0.4, -0.2) is 37.2 Å². The third-order valence-electron chi connectivity index (χ3n) is 4.72. The van der Waals surface area contributed by atoms with Crippen LogP contribution in [0, 0.1) is 5.41 Å². The largest absolute Gasteiger partial charge is 0.465 e. The zero-order valence-electron chi connectivity index (χ0n) is 14.1. The van der Waals surface area contributed by atoms with Crippen LogP contribution in [0.3, 0.4) is 0 Å². The molecule has 2 aliphatic rings. The number of ether oxygens (including phenoxy) is 3. The first-order chi connectivity index (χ1) is 11.8. The summed E-state index contributed by atoms with van der Waals surface area (Å²) in [5, 5.41) is 3.30. The van der Waals surface area contributed by atoms with Gasteiger partial charge >= 0.3 is 17.9 Å². The van der Waals surface area contributed by atoms with Crippen LogP contribution in [0.25, 0.3) is 0 Å². The fraction of sp³-hybridized carbons (Fsp3) is 0.471. The van der Waals surface area contributed by atoms with Crippen LogP contribution in [-0.2, 0) is 34.2 Å². The Kier molecular flexibility index (Phi) is 4.15. The highest BCUT2D eigenvalue weighted by atomic mass is 35.5. The van der Waals surface area contributed by atoms with E-state index in [4.69, 9.17) is 25.8 Å². The summed E-state index contributed by atoms with van der Waals surface area (Å²) < 4.78 is 15.8. The molecule has 0 unspecified atom stereocenters. The Morgan fingerprint density at radius 2 is 1.84 bits per heavy atom. The van der Waals surface area contributed by atoms with Crippen LogP contribution in [0.2, 0.25) is 5.02 Å². The van der Waals surface area contributed by atoms with E-state index in [-0.39, 0.29) is 13.2 Å². The normalized spacial score (nSPS) is 25.4. The van der Waals surface area contributed by atoms with Gasteiger partial charge in [-0.05, 0) is 39.0 Å². The second-order valence-electron chi connectivity index (χ2n) is 5.97. The Morgan fingerprint density at radius 1 is 1.24 bits per heavy atom. The summed E-state index contributed by atoms with van der Waals surface area (Å²) in [6, 6.07) is 3.63. The average molecular weight is 368 g/mol. The molecule has 1 aromatic rings. The average Bonchev–Trinajstić information content (AvgIpc) is 2.71. The lowest BCUT2D eigenvalue weighted by Gasteiger charge is -2.43. The second-order valence-corrected chi connectivity index (χ2v) is 6.41. The summed E-state index contributed by atoms with van der Waals surface area (Å²) in [7, 11) is 0. The smallest absolute Gasteiger partial charge is 0.331 e. The summed E-state index contributed by atoms with van der Waals surface area (Å²) in [6.45, 7) is 4.82. The lowest BCUT2D eigenvalue weighted by atomic mass is 9.64. The van der Waals surface area contributed by atoms with Gasteiger partial charge in [-0.1, -0.05) is 11.6 Å². The number of nitrogens with one attached hydrogen (secondary N) is 1. The first-order valence-corrected chi connectivity index (χ1v) is 8.34. The van der Waals surface area contributed by atoms with Crippen LogP contribution in [0.4, 0.5) is 5.69 Å². The van der Waals surface area contributed by atoms with Crippen molar-refractivity contribution in [3.63, 3.8) is 0 Å². The van der Waals surface area contributed by atoms with Gasteiger partial charge in [-0.25, -0.2) is 4.79 Å². The predicted octanol–water partition coefficient (Wildman–Crippen LogP) is 2.02. The monoisotopic (exact) mass is 367 g/mol. The molecule has 2 heterocycles. The van der Waals surface area contributed by atoms with Crippen molar-refractivity contribution in [3.05, 3.63) is 28.8 Å². The van der Waals surface area contributed by atoms with Crippen LogP contribution >= 0.6 is 11.6 Å². The number of anilines is 1. The number of benzene rings is 1. The summed E-state index contributed by atoms with van der Waals surface area (Å²) in [6.07, 6.45) is 0. The zero-order valence-corrected chi connectivity index (χ0v) is 14.8. The molecule has 0 aliphatic carbocycles. The second kappa shape index (κ2) is 5.91. The van der Waals surface area contributed by atoms with Crippen molar-refractivity contribution in [1.29, 1.82) is 0 Å². The number of rotatable bonds is 4. The molecule has 1 N–H and O–H groups in total. The van der Waals surface area contributed by atoms with Gasteiger partial charge in [0.1, 0.15) is 0 Å². The minimum atomic E-state index is -1.99. The van der Waals surface area contributed by atoms with Gasteiger partial charge in [-0.15, -0.1) is 0 Å². The molecule has 3 rings (SSSR count). The molecule has 0 saturated carbocycles. The molecular formula is C17H18ClNO6. The SMILES string of the molecule is CCOC(=O)C1(C(=O)OCC)[C@@H]2Nc3ccc(Cl)cc3[C@@]1(C)OC2=O. The highest BCUT2D eigenvalue weighted by Crippen LogP contribution is 2.58. The highest BCUT2D eigenvalue weighted by molar-refractivity contribution is 6.30. The maximum absolute atomic E-state index is 12.9. The molecule has 1 aromatic carbocycles. The van der Waals surface area contributed by atoms with Crippen LogP contribution in [0.5, 0.6) is 0 Å². The summed E-state index contributed by atoms with van der Waals surface area (Å²) in [4.78, 5) is 38.3. The van der Waals surface area contributed by atoms with Gasteiger partial charge in [0, 0.05) is 16.3 Å². The third kappa shape index (κ3) is 2.15. The van der Waals surface area contributed by atoms with E-state index in [1.54, 1.807) is 32.0 Å². The molecule has 8 heteroatoms. The van der Waals surface area contributed by atoms with Gasteiger partial charge in [0.25, 0.3) is 0 Å². The standard InChI is InChI=1S/C17H18ClNO6/c1-4-23-14(21)17(15(22)24-5-2)12-13(20)25-16(17,3)10-8-9(18)6-7-11(10)19-12/h6-8,12,19H,4-5H2,1-3H3/t12-,16-/m1/s1. The van der Waals surface area contributed by atoms with Crippen molar-refractivity contribution >= 4 is 35.2 Å². The topological polar surface area (TPSA) is 90.9 Å². The van der Waals surface area contributed by atoms with Crippen molar-refractivity contribution in [2.45, 2.75) is 32.4 Å². The van der Waals surface area contributed by atoms with Crippen LogP contribution in [0.1, 0.15) is 26.3 Å². The lowest BCUT2D eigenvalue weighted by molar-refractivity contribution is -0.187. The summed E-state index contributed by atoms with van der Waals surface area (Å²) >= 11 is 6.08. The van der Waals surface area contributed by atoms with Gasteiger partial charge in [-0.3, -0.25) is 9.59 Å². The Bertz CT molecular complexity index is 746. The number of carbonyl (C=O) groups is 3. The Hall–Kier alpha value is -2.28. The highest BCUT2D eigenvalue weighted by Gasteiger charge is 2.78. The fourth-order valence-corrected chi connectivity index (χ4v) is 3.79. The molecule has 1 saturated heterocycles. The number of hydrogen-bond donors (Lipinski definition) is 1. The quantitative estimate of drug-likeness (QED) is 0.494. The predicted molar refractivity (Wildman–Crippen MR) is 88.0 cm³/mol. The molecule has 134 valence electrons. The molecule has 0 amide bonds. The fourth-order valence-electron chi connectivity index (χ4n) is 3.62. The van der Waals surface area contributed by atoms with E-state index in [2.05, 4.69) is 5.32 Å². The number of hydrogen-bond acceptors (Lipinski definition) is 7. The third-order valence-corrected chi connectivity index (χ3v) is 4.95. The van der Waals surface area contributed by atoms with E-state index in [9.17, 15) is 14.4 Å². The molecule has 1 fully saturated rings. The minimum Gasteiger partial charge on any atom is -0.465 e. The molecule has 7 nitrogen and oxygen atoms in total. The first kappa shape index (κ1) is 17.5. The Balaban J connectivity index is 2.29. The zero-order chi connectivity index (χ0) is 18.4. The van der Waals surface area contributed by atoms with Crippen LogP contribution in [0.15, 0.2) is 18.2 Å². The van der Waals surface area contributed by atoms with Crippen molar-refractivity contribution in [2.24, 2.45) is 5.41 Å². The van der Waals surface area contributed by atoms with Crippen LogP contribution < -0.4 is 5.32 Å². The van der Waals surface area contributed by atoms with Crippen molar-refractivity contribution in [3.8, 4) is 0 Å². The molecular weight excluding hydrogens is 350 g/mol. The number of carbonyl (C=O) groups excluding carboxylic acids is 3. The van der Waals surface area contributed by atoms with E-state index < -0.39 is 35.0 Å². The lowest BCUT2D eigenvalue weighted by Crippen LogP contribution is -2.63. The number of fused-ring (bicyclic) bond motifs is 4. The van der Waals surface area contributed by atoms with E-state index in [1.807, 2.05) is 0 Å². The van der Waals surface area contributed by atoms with Gasteiger partial charge < -0.3 is 19.5 Å². The Labute approximate surface area is 149 Å². The van der Waals surface area contributed by atoms with Gasteiger partial charge in [0.2, 0.25) is 5.41 Å². The van der Waals surface area contributed by atoms with E-state index in [0.717, 1.165) is 0 Å². The van der Waals surface area contributed by atoms with E-state index >= 15 is 0 Å². The van der Waals surface area contributed by atoms with Gasteiger partial charge in [0.15, 0.2) is 11.6 Å². The molecule has 2 aliphatic heterocycles. The van der Waals surface area contributed by atoms with Crippen molar-refractivity contribution in [1.82, 2.24) is 0 Å². The molecule has 0 spiro atoms. The van der Waals surface area contributed by atoms with Gasteiger partial charge in [-0.2, -0.15) is 0 Å². The van der Waals surface area contributed by atoms with E-state index in [0.29, 0.717) is 16.3 Å². The van der Waals surface area contributed by atoms with E-state index in [1.165, 1.54) is 6.92 Å². The Morgan fingerprint density at radius 3 is 2.40 bits per heavy atom. The number of halogens is 1. The van der Waals surface area contributed by atoms with Gasteiger partial charge in [0.05, 0.1) is 13.2 Å². The maximum Gasteiger partial charge on any atom is 0.331 e. The molecule has 0 radical (unpaired) electrons. The summed E-state index contributed by atoms with van der Waals surface area (Å²) in [5.74, 6) is -2.47. The summed E-state index contributed by atoms with van der Waals surface area (Å²) in [5.41, 5.74) is -2.61. The van der Waals surface area contributed by atoms with Crippen molar-refractivity contribution in [2.75, 3.05) is 18.5 Å². The molecule has 0 aromatic heterocycles. The minimum absolute atomic E-state index is 0.0411. The van der Waals surface area contributed by atoms with Crippen molar-refractivity contribution < 1.29 is 28.6 Å². The number of esters is 3. The molecule has 2 bridgehead atoms. The molecule has 2 atom stereocenters. The maximum atomic E-state index is 12.9. The molecule has 25 heavy (non-hydrogen) atoms. The first-order valence-electron chi connectivity index (χ1n) is 7.96.